The molecule has 6 nitrogen and oxygen atoms in total. The molecule has 90 valence electrons. The van der Waals surface area contributed by atoms with Gasteiger partial charge in [-0.05, 0) is 6.92 Å². The van der Waals surface area contributed by atoms with Crippen LogP contribution >= 0.6 is 0 Å². The molecule has 0 spiro atoms. The second kappa shape index (κ2) is 4.75. The molecule has 1 aromatic rings. The van der Waals surface area contributed by atoms with Crippen molar-refractivity contribution in [3.8, 4) is 5.88 Å². The van der Waals surface area contributed by atoms with Gasteiger partial charge < -0.3 is 10.5 Å². The zero-order chi connectivity index (χ0) is 12.3. The van der Waals surface area contributed by atoms with Gasteiger partial charge in [0, 0.05) is 18.6 Å². The van der Waals surface area contributed by atoms with E-state index in [0.29, 0.717) is 5.69 Å². The first-order valence-electron chi connectivity index (χ1n) is 4.67. The van der Waals surface area contributed by atoms with Gasteiger partial charge in [0.15, 0.2) is 9.84 Å². The highest BCUT2D eigenvalue weighted by Gasteiger charge is 2.27. The standard InChI is InChI=1S/C9H15N3O3S/c1-6(16(3,13)14)7(10)8-9(15-2)12-5-4-11-8/h4-7H,10H2,1-3H3. The maximum Gasteiger partial charge on any atom is 0.237 e. The fourth-order valence-corrected chi connectivity index (χ4v) is 1.87. The van der Waals surface area contributed by atoms with Gasteiger partial charge in [-0.15, -0.1) is 0 Å². The van der Waals surface area contributed by atoms with E-state index in [4.69, 9.17) is 10.5 Å². The summed E-state index contributed by atoms with van der Waals surface area (Å²) in [5.41, 5.74) is 6.19. The Morgan fingerprint density at radius 3 is 2.44 bits per heavy atom. The predicted molar refractivity (Wildman–Crippen MR) is 59.8 cm³/mol. The third-order valence-corrected chi connectivity index (χ3v) is 4.03. The summed E-state index contributed by atoms with van der Waals surface area (Å²) in [4.78, 5) is 7.93. The lowest BCUT2D eigenvalue weighted by Gasteiger charge is -2.18. The minimum Gasteiger partial charge on any atom is -0.480 e. The molecule has 0 aliphatic rings. The van der Waals surface area contributed by atoms with Gasteiger partial charge in [0.25, 0.3) is 0 Å². The van der Waals surface area contributed by atoms with Crippen LogP contribution in [-0.4, -0.2) is 37.0 Å². The molecule has 16 heavy (non-hydrogen) atoms. The molecule has 0 radical (unpaired) electrons. The SMILES string of the molecule is COc1nccnc1C(N)C(C)S(C)(=O)=O. The molecule has 2 N–H and O–H groups in total. The van der Waals surface area contributed by atoms with E-state index in [9.17, 15) is 8.42 Å². The van der Waals surface area contributed by atoms with E-state index in [1.54, 1.807) is 0 Å². The predicted octanol–water partition coefficient (Wildman–Crippen LogP) is -0.0819. The number of hydrogen-bond acceptors (Lipinski definition) is 6. The second-order valence-electron chi connectivity index (χ2n) is 3.51. The number of hydrogen-bond donors (Lipinski definition) is 1. The van der Waals surface area contributed by atoms with Crippen molar-refractivity contribution in [3.63, 3.8) is 0 Å². The molecule has 7 heteroatoms. The van der Waals surface area contributed by atoms with Crippen molar-refractivity contribution in [2.45, 2.75) is 18.2 Å². The lowest BCUT2D eigenvalue weighted by Crippen LogP contribution is -2.31. The van der Waals surface area contributed by atoms with Crippen LogP contribution in [0.5, 0.6) is 5.88 Å². The Morgan fingerprint density at radius 1 is 1.38 bits per heavy atom. The van der Waals surface area contributed by atoms with Crippen molar-refractivity contribution in [3.05, 3.63) is 18.1 Å². The van der Waals surface area contributed by atoms with Crippen molar-refractivity contribution < 1.29 is 13.2 Å². The Kier molecular flexibility index (Phi) is 3.82. The molecule has 1 rings (SSSR count). The summed E-state index contributed by atoms with van der Waals surface area (Å²) in [6.07, 6.45) is 4.05. The molecule has 1 aromatic heterocycles. The molecule has 0 bridgehead atoms. The van der Waals surface area contributed by atoms with Crippen LogP contribution in [0.2, 0.25) is 0 Å². The molecule has 2 atom stereocenters. The highest BCUT2D eigenvalue weighted by molar-refractivity contribution is 7.91. The van der Waals surface area contributed by atoms with Crippen LogP contribution in [0.3, 0.4) is 0 Å². The number of nitrogens with two attached hydrogens (primary N) is 1. The maximum atomic E-state index is 11.4. The minimum absolute atomic E-state index is 0.255. The van der Waals surface area contributed by atoms with Crippen molar-refractivity contribution in [1.82, 2.24) is 9.97 Å². The number of aromatic nitrogens is 2. The van der Waals surface area contributed by atoms with Gasteiger partial charge in [-0.1, -0.05) is 0 Å². The second-order valence-corrected chi connectivity index (χ2v) is 5.91. The normalized spacial score (nSPS) is 15.5. The summed E-state index contributed by atoms with van der Waals surface area (Å²) in [5, 5.41) is -0.738. The molecular weight excluding hydrogens is 230 g/mol. The topological polar surface area (TPSA) is 95.2 Å². The van der Waals surface area contributed by atoms with Crippen LogP contribution in [0, 0.1) is 0 Å². The Morgan fingerprint density at radius 2 is 1.94 bits per heavy atom. The van der Waals surface area contributed by atoms with E-state index in [1.807, 2.05) is 0 Å². The third kappa shape index (κ3) is 2.67. The van der Waals surface area contributed by atoms with E-state index in [1.165, 1.54) is 26.4 Å². The van der Waals surface area contributed by atoms with Gasteiger partial charge in [0.1, 0.15) is 5.69 Å². The molecule has 0 saturated heterocycles. The summed E-state index contributed by atoms with van der Waals surface area (Å²) >= 11 is 0. The van der Waals surface area contributed by atoms with Crippen LogP contribution in [0.1, 0.15) is 18.7 Å². The summed E-state index contributed by atoms with van der Waals surface area (Å²) < 4.78 is 27.7. The highest BCUT2D eigenvalue weighted by Crippen LogP contribution is 2.23. The van der Waals surface area contributed by atoms with Crippen molar-refractivity contribution in [2.24, 2.45) is 5.73 Å². The molecule has 1 heterocycles. The molecule has 0 fully saturated rings. The van der Waals surface area contributed by atoms with Crippen molar-refractivity contribution in [1.29, 1.82) is 0 Å². The third-order valence-electron chi connectivity index (χ3n) is 2.38. The molecular formula is C9H15N3O3S. The number of rotatable bonds is 4. The number of nitrogens with zero attached hydrogens (tertiary/aromatic N) is 2. The first kappa shape index (κ1) is 12.9. The van der Waals surface area contributed by atoms with Crippen LogP contribution in [0.25, 0.3) is 0 Å². The fraction of sp³-hybridized carbons (Fsp3) is 0.556. The van der Waals surface area contributed by atoms with Gasteiger partial charge in [0.2, 0.25) is 5.88 Å². The average molecular weight is 245 g/mol. The average Bonchev–Trinajstić information content (AvgIpc) is 2.25. The molecule has 0 amide bonds. The van der Waals surface area contributed by atoms with Gasteiger partial charge >= 0.3 is 0 Å². The van der Waals surface area contributed by atoms with Crippen LogP contribution in [0.15, 0.2) is 12.4 Å². The number of ether oxygens (including phenoxy) is 1. The molecule has 0 saturated carbocycles. The van der Waals surface area contributed by atoms with Crippen molar-refractivity contribution >= 4 is 9.84 Å². The van der Waals surface area contributed by atoms with Gasteiger partial charge in [-0.25, -0.2) is 13.4 Å². The summed E-state index contributed by atoms with van der Waals surface area (Å²) in [6.45, 7) is 1.54. The quantitative estimate of drug-likeness (QED) is 0.797. The fourth-order valence-electron chi connectivity index (χ4n) is 1.21. The monoisotopic (exact) mass is 245 g/mol. The number of methoxy groups -OCH3 is 1. The van der Waals surface area contributed by atoms with E-state index in [-0.39, 0.29) is 5.88 Å². The zero-order valence-electron chi connectivity index (χ0n) is 9.41. The maximum absolute atomic E-state index is 11.4. The summed E-state index contributed by atoms with van der Waals surface area (Å²) in [7, 11) is -1.79. The molecule has 2 unspecified atom stereocenters. The van der Waals surface area contributed by atoms with Gasteiger partial charge in [-0.3, -0.25) is 4.98 Å². The Bertz CT molecular complexity index is 461. The summed E-state index contributed by atoms with van der Waals surface area (Å²) in [5.74, 6) is 0.255. The zero-order valence-corrected chi connectivity index (χ0v) is 10.2. The lowest BCUT2D eigenvalue weighted by molar-refractivity contribution is 0.383. The van der Waals surface area contributed by atoms with E-state index >= 15 is 0 Å². The largest absolute Gasteiger partial charge is 0.480 e. The lowest BCUT2D eigenvalue weighted by atomic mass is 10.1. The van der Waals surface area contributed by atoms with E-state index in [0.717, 1.165) is 6.26 Å². The Balaban J connectivity index is 3.10. The smallest absolute Gasteiger partial charge is 0.237 e. The number of sulfone groups is 1. The van der Waals surface area contributed by atoms with Crippen LogP contribution in [0.4, 0.5) is 0 Å². The van der Waals surface area contributed by atoms with Crippen LogP contribution in [-0.2, 0) is 9.84 Å². The minimum atomic E-state index is -3.22. The van der Waals surface area contributed by atoms with Crippen molar-refractivity contribution in [2.75, 3.05) is 13.4 Å². The van der Waals surface area contributed by atoms with E-state index in [2.05, 4.69) is 9.97 Å². The van der Waals surface area contributed by atoms with Crippen LogP contribution < -0.4 is 10.5 Å². The van der Waals surface area contributed by atoms with Gasteiger partial charge in [-0.2, -0.15) is 0 Å². The molecule has 0 aromatic carbocycles. The first-order chi connectivity index (χ1) is 7.38. The summed E-state index contributed by atoms with van der Waals surface area (Å²) in [6, 6.07) is -0.751. The molecule has 0 aliphatic heterocycles. The molecule has 0 aliphatic carbocycles. The Labute approximate surface area is 94.8 Å². The first-order valence-corrected chi connectivity index (χ1v) is 6.62. The van der Waals surface area contributed by atoms with E-state index < -0.39 is 21.1 Å². The Hall–Kier alpha value is -1.21. The highest BCUT2D eigenvalue weighted by atomic mass is 32.2. The van der Waals surface area contributed by atoms with Gasteiger partial charge in [0.05, 0.1) is 18.4 Å².